The van der Waals surface area contributed by atoms with Crippen molar-refractivity contribution in [1.82, 2.24) is 19.3 Å². The van der Waals surface area contributed by atoms with Crippen LogP contribution in [0.4, 0.5) is 0 Å². The lowest BCUT2D eigenvalue weighted by Gasteiger charge is -2.43. The van der Waals surface area contributed by atoms with Gasteiger partial charge in [0.2, 0.25) is 5.91 Å². The zero-order valence-corrected chi connectivity index (χ0v) is 24.6. The first kappa shape index (κ1) is 26.6. The molecule has 0 radical (unpaired) electrons. The fourth-order valence-corrected chi connectivity index (χ4v) is 7.66. The number of nitrogens with zero attached hydrogens (tertiary/aromatic N) is 4. The van der Waals surface area contributed by atoms with Gasteiger partial charge in [0.05, 0.1) is 18.2 Å². The zero-order valence-electron chi connectivity index (χ0n) is 23.9. The Kier molecular flexibility index (Phi) is 6.62. The molecule has 7 nitrogen and oxygen atoms in total. The highest BCUT2D eigenvalue weighted by molar-refractivity contribution is 6.31. The van der Waals surface area contributed by atoms with E-state index in [-0.39, 0.29) is 17.9 Å². The molecule has 8 heteroatoms. The van der Waals surface area contributed by atoms with Crippen molar-refractivity contribution in [1.29, 1.82) is 0 Å². The second-order valence-electron chi connectivity index (χ2n) is 12.1. The van der Waals surface area contributed by atoms with E-state index in [2.05, 4.69) is 29.0 Å². The Morgan fingerprint density at radius 2 is 1.85 bits per heavy atom. The monoisotopic (exact) mass is 572 g/mol. The van der Waals surface area contributed by atoms with Crippen molar-refractivity contribution < 1.29 is 14.3 Å². The molecule has 214 valence electrons. The molecular formula is C33H37ClN4O3. The van der Waals surface area contributed by atoms with E-state index in [1.54, 1.807) is 7.11 Å². The van der Waals surface area contributed by atoms with Crippen molar-refractivity contribution in [3.63, 3.8) is 0 Å². The predicted molar refractivity (Wildman–Crippen MR) is 161 cm³/mol. The summed E-state index contributed by atoms with van der Waals surface area (Å²) in [5, 5.41) is 1.66. The normalized spacial score (nSPS) is 21.2. The molecule has 1 atom stereocenters. The van der Waals surface area contributed by atoms with Crippen LogP contribution in [0.1, 0.15) is 64.0 Å². The molecule has 2 saturated heterocycles. The van der Waals surface area contributed by atoms with Crippen molar-refractivity contribution in [3.05, 3.63) is 76.0 Å². The molecule has 3 fully saturated rings. The van der Waals surface area contributed by atoms with Crippen LogP contribution in [-0.4, -0.2) is 77.0 Å². The molecule has 1 saturated carbocycles. The molecule has 3 aliphatic heterocycles. The molecule has 0 spiro atoms. The Labute approximate surface area is 246 Å². The summed E-state index contributed by atoms with van der Waals surface area (Å²) in [5.74, 6) is 1.42. The van der Waals surface area contributed by atoms with Gasteiger partial charge in [0.15, 0.2) is 0 Å². The van der Waals surface area contributed by atoms with Gasteiger partial charge >= 0.3 is 0 Å². The number of halogens is 1. The number of rotatable bonds is 6. The highest BCUT2D eigenvalue weighted by atomic mass is 35.5. The van der Waals surface area contributed by atoms with E-state index < -0.39 is 0 Å². The highest BCUT2D eigenvalue weighted by Crippen LogP contribution is 2.49. The third-order valence-electron chi connectivity index (χ3n) is 9.62. The lowest BCUT2D eigenvalue weighted by atomic mass is 9.97. The second-order valence-corrected chi connectivity index (χ2v) is 12.6. The topological polar surface area (TPSA) is 58.0 Å². The van der Waals surface area contributed by atoms with E-state index in [9.17, 15) is 9.59 Å². The number of hydrogen-bond donors (Lipinski definition) is 0. The first-order valence-electron chi connectivity index (χ1n) is 14.8. The Bertz CT molecular complexity index is 1570. The van der Waals surface area contributed by atoms with E-state index in [0.717, 1.165) is 85.2 Å². The van der Waals surface area contributed by atoms with Gasteiger partial charge in [0.1, 0.15) is 5.75 Å². The van der Waals surface area contributed by atoms with Gasteiger partial charge in [-0.2, -0.15) is 0 Å². The van der Waals surface area contributed by atoms with Gasteiger partial charge in [0, 0.05) is 78.9 Å². The zero-order chi connectivity index (χ0) is 28.4. The minimum atomic E-state index is 0.0128. The van der Waals surface area contributed by atoms with Gasteiger partial charge in [-0.25, -0.2) is 0 Å². The summed E-state index contributed by atoms with van der Waals surface area (Å²) in [6, 6.07) is 10.8. The number of benzene rings is 2. The van der Waals surface area contributed by atoms with Gasteiger partial charge in [-0.3, -0.25) is 14.5 Å². The van der Waals surface area contributed by atoms with Crippen LogP contribution in [0, 0.1) is 6.92 Å². The average Bonchev–Trinajstić information content (AvgIpc) is 3.58. The summed E-state index contributed by atoms with van der Waals surface area (Å²) in [7, 11) is 1.71. The maximum absolute atomic E-state index is 14.5. The number of aromatic nitrogens is 1. The largest absolute Gasteiger partial charge is 0.496 e. The van der Waals surface area contributed by atoms with E-state index in [0.29, 0.717) is 30.1 Å². The molecular weight excluding hydrogens is 536 g/mol. The maximum atomic E-state index is 14.5. The number of aryl methyl sites for hydroxylation is 1. The van der Waals surface area contributed by atoms with E-state index >= 15 is 0 Å². The van der Waals surface area contributed by atoms with Crippen LogP contribution in [0.2, 0.25) is 5.02 Å². The summed E-state index contributed by atoms with van der Waals surface area (Å²) in [4.78, 5) is 32.9. The molecule has 2 amide bonds. The third kappa shape index (κ3) is 4.45. The van der Waals surface area contributed by atoms with E-state index in [1.807, 2.05) is 34.1 Å². The van der Waals surface area contributed by atoms with Crippen LogP contribution >= 0.6 is 11.6 Å². The molecule has 0 bridgehead atoms. The summed E-state index contributed by atoms with van der Waals surface area (Å²) in [6.07, 6.45) is 5.44. The Morgan fingerprint density at radius 1 is 1.05 bits per heavy atom. The molecule has 41 heavy (non-hydrogen) atoms. The quantitative estimate of drug-likeness (QED) is 0.375. The van der Waals surface area contributed by atoms with Gasteiger partial charge in [-0.05, 0) is 68.0 Å². The summed E-state index contributed by atoms with van der Waals surface area (Å²) in [5.41, 5.74) is 6.69. The van der Waals surface area contributed by atoms with E-state index in [4.69, 9.17) is 16.3 Å². The molecule has 0 N–H and O–H groups in total. The molecule has 4 heterocycles. The number of fused-ring (bicyclic) bond motifs is 2. The van der Waals surface area contributed by atoms with Crippen LogP contribution in [0.25, 0.3) is 10.9 Å². The first-order chi connectivity index (χ1) is 19.9. The summed E-state index contributed by atoms with van der Waals surface area (Å²) in [6.45, 7) is 10.5. The van der Waals surface area contributed by atoms with Crippen LogP contribution in [-0.2, 0) is 17.8 Å². The smallest absolute Gasteiger partial charge is 0.256 e. The van der Waals surface area contributed by atoms with Crippen LogP contribution in [0.5, 0.6) is 5.75 Å². The molecule has 4 aliphatic rings. The number of carbonyl (C=O) groups is 2. The fraction of sp³-hybridized carbons (Fsp3) is 0.455. The highest BCUT2D eigenvalue weighted by Gasteiger charge is 2.42. The number of ether oxygens (including phenoxy) is 1. The second kappa shape index (κ2) is 10.2. The van der Waals surface area contributed by atoms with Crippen LogP contribution in [0.3, 0.4) is 0 Å². The molecule has 3 aromatic rings. The van der Waals surface area contributed by atoms with Crippen LogP contribution in [0.15, 0.2) is 43.0 Å². The number of methoxy groups -OCH3 is 1. The fourth-order valence-electron chi connectivity index (χ4n) is 7.39. The van der Waals surface area contributed by atoms with Crippen molar-refractivity contribution in [2.75, 3.05) is 39.8 Å². The van der Waals surface area contributed by atoms with Crippen molar-refractivity contribution in [3.8, 4) is 5.75 Å². The summed E-state index contributed by atoms with van der Waals surface area (Å²) >= 11 is 6.65. The Balaban J connectivity index is 1.25. The minimum Gasteiger partial charge on any atom is -0.496 e. The van der Waals surface area contributed by atoms with Crippen molar-refractivity contribution >= 4 is 34.3 Å². The van der Waals surface area contributed by atoms with Crippen molar-refractivity contribution in [2.45, 2.75) is 57.2 Å². The van der Waals surface area contributed by atoms with Gasteiger partial charge < -0.3 is 19.1 Å². The average molecular weight is 573 g/mol. The number of likely N-dealkylation sites (tertiary alicyclic amines) is 2. The molecule has 2 aromatic carbocycles. The van der Waals surface area contributed by atoms with Gasteiger partial charge in [-0.15, -0.1) is 0 Å². The number of amides is 2. The predicted octanol–water partition coefficient (Wildman–Crippen LogP) is 5.33. The number of carbonyl (C=O) groups excluding carboxylic acids is 2. The minimum absolute atomic E-state index is 0.0128. The first-order valence-corrected chi connectivity index (χ1v) is 15.2. The Hall–Kier alpha value is -3.29. The number of hydrogen-bond acceptors (Lipinski definition) is 4. The lowest BCUT2D eigenvalue weighted by molar-refractivity contribution is -0.132. The molecule has 1 aliphatic carbocycles. The van der Waals surface area contributed by atoms with Crippen molar-refractivity contribution in [2.24, 2.45) is 0 Å². The van der Waals surface area contributed by atoms with E-state index in [1.165, 1.54) is 17.3 Å². The lowest BCUT2D eigenvalue weighted by Crippen LogP contribution is -2.60. The molecule has 1 aromatic heterocycles. The standard InChI is InChI=1S/C33H37ClN4O3/c1-4-29(39)37-18-25(19-37)35-12-10-24(17-35)38-31-20(2)14-23(34)15-27(31)30(32(38)21-8-9-21)33(40)36-13-11-26-22(16-36)6-5-7-28(26)41-3/h4-7,14-15,21,24-25H,1,8-13,16-19H2,2-3H3/t24-/m1/s1. The maximum Gasteiger partial charge on any atom is 0.256 e. The Morgan fingerprint density at radius 3 is 2.59 bits per heavy atom. The van der Waals surface area contributed by atoms with Gasteiger partial charge in [0.25, 0.3) is 5.91 Å². The summed E-state index contributed by atoms with van der Waals surface area (Å²) < 4.78 is 8.13. The van der Waals surface area contributed by atoms with Gasteiger partial charge in [-0.1, -0.05) is 30.3 Å². The molecule has 0 unspecified atom stereocenters. The molecule has 7 rings (SSSR count). The third-order valence-corrected chi connectivity index (χ3v) is 9.84. The van der Waals surface area contributed by atoms with Crippen LogP contribution < -0.4 is 4.74 Å². The SMILES string of the molecule is C=CC(=O)N1CC(N2CC[C@@H](n3c(C4CC4)c(C(=O)N4CCc5c(cccc5OC)C4)c4cc(Cl)cc(C)c43)C2)C1.